The van der Waals surface area contributed by atoms with E-state index >= 15 is 0 Å². The smallest absolute Gasteiger partial charge is 0.261 e. The van der Waals surface area contributed by atoms with Gasteiger partial charge in [0.1, 0.15) is 5.78 Å². The predicted octanol–water partition coefficient (Wildman–Crippen LogP) is 5.74. The van der Waals surface area contributed by atoms with Gasteiger partial charge < -0.3 is 4.43 Å². The first-order valence-corrected chi connectivity index (χ1v) is 13.4. The van der Waals surface area contributed by atoms with Crippen LogP contribution in [0.3, 0.4) is 0 Å². The maximum absolute atomic E-state index is 12.7. The minimum absolute atomic E-state index is 0.00639. The van der Waals surface area contributed by atoms with Crippen molar-refractivity contribution in [2.75, 3.05) is 6.61 Å². The van der Waals surface area contributed by atoms with Crippen LogP contribution in [0.1, 0.15) is 66.7 Å². The fraction of sp³-hybridized carbons (Fsp3) is 0.519. The third kappa shape index (κ3) is 4.33. The van der Waals surface area contributed by atoms with E-state index in [9.17, 15) is 4.79 Å². The van der Waals surface area contributed by atoms with Gasteiger partial charge in [0.15, 0.2) is 0 Å². The Balaban J connectivity index is 1.86. The Bertz CT molecular complexity index is 785. The largest absolute Gasteiger partial charge is 0.407 e. The summed E-state index contributed by atoms with van der Waals surface area (Å²) in [5.41, 5.74) is -0.187. The predicted molar refractivity (Wildman–Crippen MR) is 129 cm³/mol. The Morgan fingerprint density at radius 2 is 1.53 bits per heavy atom. The summed E-state index contributed by atoms with van der Waals surface area (Å²) in [4.78, 5) is 12.7. The molecule has 1 aliphatic rings. The average Bonchev–Trinajstić information content (AvgIpc) is 2.73. The Hall–Kier alpha value is -1.71. The molecule has 0 unspecified atom stereocenters. The molecule has 30 heavy (non-hydrogen) atoms. The molecule has 0 radical (unpaired) electrons. The first-order chi connectivity index (χ1) is 14.2. The standard InChI is InChI=1S/C27H38O2Si/c1-22-14-12-19-25(28)27(22,5)20-13-21-29-30(26(2,3)4,23-15-8-6-9-16-23)24-17-10-7-11-18-24/h6-11,15-18,22H,12-14,19-21H2,1-5H3/t22-,27+/m1/s1. The molecule has 0 aromatic heterocycles. The molecule has 1 aliphatic carbocycles. The number of hydrogen-bond donors (Lipinski definition) is 0. The van der Waals surface area contributed by atoms with E-state index in [2.05, 4.69) is 95.3 Å². The Kier molecular flexibility index (Phi) is 7.04. The summed E-state index contributed by atoms with van der Waals surface area (Å²) >= 11 is 0. The summed E-state index contributed by atoms with van der Waals surface area (Å²) in [5, 5.41) is 2.63. The van der Waals surface area contributed by atoms with E-state index in [0.717, 1.165) is 32.1 Å². The van der Waals surface area contributed by atoms with Gasteiger partial charge in [-0.25, -0.2) is 0 Å². The van der Waals surface area contributed by atoms with Crippen molar-refractivity contribution in [3.63, 3.8) is 0 Å². The highest BCUT2D eigenvalue weighted by Crippen LogP contribution is 2.42. The van der Waals surface area contributed by atoms with E-state index in [1.807, 2.05) is 0 Å². The number of rotatable bonds is 7. The maximum Gasteiger partial charge on any atom is 0.261 e. The first-order valence-electron chi connectivity index (χ1n) is 11.5. The molecule has 2 atom stereocenters. The lowest BCUT2D eigenvalue weighted by Crippen LogP contribution is -2.66. The van der Waals surface area contributed by atoms with E-state index in [1.165, 1.54) is 10.4 Å². The number of ketones is 1. The lowest BCUT2D eigenvalue weighted by Gasteiger charge is -2.43. The van der Waals surface area contributed by atoms with Crippen LogP contribution in [0.25, 0.3) is 0 Å². The van der Waals surface area contributed by atoms with Crippen molar-refractivity contribution in [2.24, 2.45) is 11.3 Å². The number of carbonyl (C=O) groups is 1. The normalized spacial score (nSPS) is 22.8. The van der Waals surface area contributed by atoms with E-state index < -0.39 is 8.32 Å². The Morgan fingerprint density at radius 3 is 2.00 bits per heavy atom. The maximum atomic E-state index is 12.7. The number of carbonyl (C=O) groups excluding carboxylic acids is 1. The second-order valence-electron chi connectivity index (χ2n) is 10.2. The third-order valence-corrected chi connectivity index (χ3v) is 12.4. The SMILES string of the molecule is C[C@@H]1CCCC(=O)[C@@]1(C)CCCO[Si](c1ccccc1)(c1ccccc1)C(C)(C)C. The molecule has 1 saturated carbocycles. The second kappa shape index (κ2) is 9.19. The number of Topliss-reactive ketones (excluding diaryl/α,β-unsaturated/α-hetero) is 1. The van der Waals surface area contributed by atoms with Crippen LogP contribution in [0.4, 0.5) is 0 Å². The fourth-order valence-corrected chi connectivity index (χ4v) is 9.87. The zero-order valence-electron chi connectivity index (χ0n) is 19.4. The highest BCUT2D eigenvalue weighted by molar-refractivity contribution is 6.99. The minimum Gasteiger partial charge on any atom is -0.407 e. The molecule has 2 aromatic carbocycles. The van der Waals surface area contributed by atoms with Crippen molar-refractivity contribution >= 4 is 24.5 Å². The monoisotopic (exact) mass is 422 g/mol. The molecule has 0 saturated heterocycles. The summed E-state index contributed by atoms with van der Waals surface area (Å²) in [5.74, 6) is 0.915. The number of benzene rings is 2. The van der Waals surface area contributed by atoms with Crippen LogP contribution < -0.4 is 10.4 Å². The van der Waals surface area contributed by atoms with Crippen LogP contribution in [-0.2, 0) is 9.22 Å². The van der Waals surface area contributed by atoms with Crippen molar-refractivity contribution in [3.8, 4) is 0 Å². The molecule has 1 fully saturated rings. The van der Waals surface area contributed by atoms with E-state index in [1.54, 1.807) is 0 Å². The van der Waals surface area contributed by atoms with E-state index in [4.69, 9.17) is 4.43 Å². The minimum atomic E-state index is -2.48. The molecule has 3 heteroatoms. The van der Waals surface area contributed by atoms with Crippen LogP contribution in [-0.4, -0.2) is 20.7 Å². The lowest BCUT2D eigenvalue weighted by atomic mass is 9.65. The fourth-order valence-electron chi connectivity index (χ4n) is 5.26. The topological polar surface area (TPSA) is 26.3 Å². The van der Waals surface area contributed by atoms with E-state index in [-0.39, 0.29) is 10.5 Å². The van der Waals surface area contributed by atoms with Crippen LogP contribution >= 0.6 is 0 Å². The molecule has 0 bridgehead atoms. The second-order valence-corrected chi connectivity index (χ2v) is 14.6. The van der Waals surface area contributed by atoms with Gasteiger partial charge in [-0.15, -0.1) is 0 Å². The summed E-state index contributed by atoms with van der Waals surface area (Å²) in [7, 11) is -2.48. The van der Waals surface area contributed by atoms with Gasteiger partial charge in [0.05, 0.1) is 0 Å². The quantitative estimate of drug-likeness (QED) is 0.420. The van der Waals surface area contributed by atoms with Gasteiger partial charge in [0.25, 0.3) is 8.32 Å². The van der Waals surface area contributed by atoms with Crippen molar-refractivity contribution < 1.29 is 9.22 Å². The van der Waals surface area contributed by atoms with Gasteiger partial charge in [-0.3, -0.25) is 4.79 Å². The molecule has 3 rings (SSSR count). The van der Waals surface area contributed by atoms with Gasteiger partial charge in [0.2, 0.25) is 0 Å². The third-order valence-electron chi connectivity index (χ3n) is 7.34. The molecule has 0 aliphatic heterocycles. The van der Waals surface area contributed by atoms with Gasteiger partial charge in [-0.2, -0.15) is 0 Å². The van der Waals surface area contributed by atoms with Crippen LogP contribution in [0.15, 0.2) is 60.7 Å². The summed E-state index contributed by atoms with van der Waals surface area (Å²) in [6.45, 7) is 12.1. The van der Waals surface area contributed by atoms with Crippen molar-refractivity contribution in [1.29, 1.82) is 0 Å². The van der Waals surface area contributed by atoms with Crippen molar-refractivity contribution in [1.82, 2.24) is 0 Å². The van der Waals surface area contributed by atoms with Crippen LogP contribution in [0.5, 0.6) is 0 Å². The molecular formula is C27H38O2Si. The van der Waals surface area contributed by atoms with Gasteiger partial charge in [-0.1, -0.05) is 95.3 Å². The lowest BCUT2D eigenvalue weighted by molar-refractivity contribution is -0.134. The Morgan fingerprint density at radius 1 is 1.00 bits per heavy atom. The van der Waals surface area contributed by atoms with Crippen molar-refractivity contribution in [2.45, 2.75) is 71.8 Å². The van der Waals surface area contributed by atoms with E-state index in [0.29, 0.717) is 18.3 Å². The molecule has 0 N–H and O–H groups in total. The van der Waals surface area contributed by atoms with Crippen LogP contribution in [0.2, 0.25) is 5.04 Å². The molecule has 0 amide bonds. The average molecular weight is 423 g/mol. The Labute approximate surface area is 184 Å². The zero-order valence-corrected chi connectivity index (χ0v) is 20.4. The number of hydrogen-bond acceptors (Lipinski definition) is 2. The molecule has 162 valence electrons. The highest BCUT2D eigenvalue weighted by atomic mass is 28.4. The van der Waals surface area contributed by atoms with Gasteiger partial charge in [0, 0.05) is 18.4 Å². The zero-order chi connectivity index (χ0) is 21.8. The van der Waals surface area contributed by atoms with Gasteiger partial charge in [-0.05, 0) is 47.0 Å². The molecule has 2 aromatic rings. The van der Waals surface area contributed by atoms with Crippen LogP contribution in [0, 0.1) is 11.3 Å². The summed E-state index contributed by atoms with van der Waals surface area (Å²) in [6, 6.07) is 21.6. The first kappa shape index (κ1) is 23.0. The molecule has 0 heterocycles. The summed E-state index contributed by atoms with van der Waals surface area (Å²) < 4.78 is 7.00. The van der Waals surface area contributed by atoms with Crippen molar-refractivity contribution in [3.05, 3.63) is 60.7 Å². The molecule has 0 spiro atoms. The summed E-state index contributed by atoms with van der Waals surface area (Å²) in [6.07, 6.45) is 4.81. The molecular weight excluding hydrogens is 384 g/mol. The highest BCUT2D eigenvalue weighted by Gasteiger charge is 2.50. The molecule has 2 nitrogen and oxygen atoms in total. The van der Waals surface area contributed by atoms with Gasteiger partial charge >= 0.3 is 0 Å².